The van der Waals surface area contributed by atoms with Gasteiger partial charge in [0, 0.05) is 37.6 Å². The molecule has 1 aliphatic rings. The maximum atomic E-state index is 12.6. The zero-order valence-electron chi connectivity index (χ0n) is 21.3. The molecule has 1 aliphatic heterocycles. The second kappa shape index (κ2) is 15.6. The number of hydrogen-bond acceptors (Lipinski definition) is 9. The van der Waals surface area contributed by atoms with Gasteiger partial charge in [-0.15, -0.1) is 11.3 Å². The maximum absolute atomic E-state index is 12.6. The zero-order chi connectivity index (χ0) is 27.5. The van der Waals surface area contributed by atoms with Crippen molar-refractivity contribution in [2.24, 2.45) is 0 Å². The second-order valence-electron chi connectivity index (χ2n) is 8.81. The van der Waals surface area contributed by atoms with Gasteiger partial charge < -0.3 is 20.1 Å². The Bertz CT molecular complexity index is 1100. The van der Waals surface area contributed by atoms with Crippen LogP contribution in [-0.4, -0.2) is 78.9 Å². The van der Waals surface area contributed by atoms with Crippen molar-refractivity contribution in [1.82, 2.24) is 20.5 Å². The number of rotatable bonds is 13. The van der Waals surface area contributed by atoms with Crippen LogP contribution in [0.2, 0.25) is 10.0 Å². The highest BCUT2D eigenvalue weighted by molar-refractivity contribution is 8.01. The van der Waals surface area contributed by atoms with Crippen LogP contribution in [-0.2, 0) is 25.6 Å². The van der Waals surface area contributed by atoms with Crippen LogP contribution in [0.3, 0.4) is 0 Å². The number of carbonyl (C=O) groups is 3. The molecule has 0 saturated carbocycles. The summed E-state index contributed by atoms with van der Waals surface area (Å²) in [5, 5.41) is 8.48. The van der Waals surface area contributed by atoms with E-state index in [1.54, 1.807) is 11.4 Å². The summed E-state index contributed by atoms with van der Waals surface area (Å²) >= 11 is 14.7. The van der Waals surface area contributed by atoms with E-state index < -0.39 is 0 Å². The molecule has 208 valence electrons. The fourth-order valence-electron chi connectivity index (χ4n) is 3.90. The molecule has 13 heteroatoms. The van der Waals surface area contributed by atoms with Crippen molar-refractivity contribution in [2.75, 3.05) is 39.1 Å². The van der Waals surface area contributed by atoms with E-state index in [4.69, 9.17) is 32.7 Å². The maximum Gasteiger partial charge on any atom is 0.307 e. The van der Waals surface area contributed by atoms with Crippen LogP contribution >= 0.6 is 46.3 Å². The minimum Gasteiger partial charge on any atom is -0.469 e. The summed E-state index contributed by atoms with van der Waals surface area (Å²) in [6.45, 7) is 5.17. The zero-order valence-corrected chi connectivity index (χ0v) is 24.5. The molecule has 1 aromatic carbocycles. The molecule has 2 N–H and O–H groups in total. The van der Waals surface area contributed by atoms with Gasteiger partial charge in [0.1, 0.15) is 5.69 Å². The highest BCUT2D eigenvalue weighted by atomic mass is 35.5. The van der Waals surface area contributed by atoms with E-state index in [0.29, 0.717) is 40.5 Å². The van der Waals surface area contributed by atoms with Gasteiger partial charge in [0.15, 0.2) is 4.34 Å². The van der Waals surface area contributed by atoms with Crippen molar-refractivity contribution in [3.05, 3.63) is 44.9 Å². The van der Waals surface area contributed by atoms with Gasteiger partial charge in [-0.1, -0.05) is 54.4 Å². The van der Waals surface area contributed by atoms with Crippen LogP contribution in [0.5, 0.6) is 0 Å². The monoisotopic (exact) mass is 602 g/mol. The number of methoxy groups -OCH3 is 1. The van der Waals surface area contributed by atoms with Gasteiger partial charge in [0.25, 0.3) is 5.91 Å². The number of nitrogens with one attached hydrogen (secondary N) is 2. The number of thioether (sulfide) groups is 1. The lowest BCUT2D eigenvalue weighted by molar-refractivity contribution is -0.141. The number of benzene rings is 1. The van der Waals surface area contributed by atoms with E-state index in [-0.39, 0.29) is 47.8 Å². The number of thiazole rings is 1. The third-order valence-electron chi connectivity index (χ3n) is 5.80. The third-order valence-corrected chi connectivity index (χ3v) is 8.56. The molecule has 0 radical (unpaired) electrons. The van der Waals surface area contributed by atoms with Crippen molar-refractivity contribution in [2.45, 2.75) is 49.2 Å². The lowest BCUT2D eigenvalue weighted by Crippen LogP contribution is -2.47. The van der Waals surface area contributed by atoms with E-state index in [1.165, 1.54) is 30.2 Å². The van der Waals surface area contributed by atoms with Crippen molar-refractivity contribution < 1.29 is 23.9 Å². The lowest BCUT2D eigenvalue weighted by atomic mass is 10.1. The summed E-state index contributed by atoms with van der Waals surface area (Å²) in [6.07, 6.45) is 1.47. The molecule has 3 rings (SSSR count). The number of halogens is 2. The smallest absolute Gasteiger partial charge is 0.307 e. The molecule has 1 aromatic heterocycles. The molecule has 0 aliphatic carbocycles. The molecule has 2 unspecified atom stereocenters. The number of ether oxygens (including phenoxy) is 2. The summed E-state index contributed by atoms with van der Waals surface area (Å²) < 4.78 is 11.1. The molecular formula is C25H32Cl2N4O5S2. The van der Waals surface area contributed by atoms with Gasteiger partial charge in [-0.25, -0.2) is 4.98 Å². The van der Waals surface area contributed by atoms with Crippen molar-refractivity contribution >= 4 is 64.1 Å². The largest absolute Gasteiger partial charge is 0.469 e. The predicted octanol–water partition coefficient (Wildman–Crippen LogP) is 4.02. The van der Waals surface area contributed by atoms with Crippen LogP contribution in [0.4, 0.5) is 0 Å². The highest BCUT2D eigenvalue weighted by Crippen LogP contribution is 2.24. The second-order valence-corrected chi connectivity index (χ2v) is 11.7. The number of esters is 1. The average Bonchev–Trinajstić information content (AvgIpc) is 3.38. The number of nitrogens with zero attached hydrogens (tertiary/aromatic N) is 2. The Morgan fingerprint density at radius 3 is 2.87 bits per heavy atom. The van der Waals surface area contributed by atoms with E-state index in [1.807, 2.05) is 19.1 Å². The predicted molar refractivity (Wildman–Crippen MR) is 150 cm³/mol. The van der Waals surface area contributed by atoms with Gasteiger partial charge in [-0.2, -0.15) is 0 Å². The van der Waals surface area contributed by atoms with Gasteiger partial charge in [0.05, 0.1) is 42.0 Å². The first-order chi connectivity index (χ1) is 18.3. The molecule has 0 bridgehead atoms. The fraction of sp³-hybridized carbons (Fsp3) is 0.520. The normalized spacial score (nSPS) is 16.6. The highest BCUT2D eigenvalue weighted by Gasteiger charge is 2.22. The number of morpholine rings is 1. The summed E-state index contributed by atoms with van der Waals surface area (Å²) in [7, 11) is 1.32. The minimum atomic E-state index is -0.373. The molecular weight excluding hydrogens is 571 g/mol. The van der Waals surface area contributed by atoms with Crippen molar-refractivity contribution in [3.63, 3.8) is 0 Å². The molecule has 2 amide bonds. The molecule has 9 nitrogen and oxygen atoms in total. The molecule has 1 fully saturated rings. The first-order valence-electron chi connectivity index (χ1n) is 12.3. The summed E-state index contributed by atoms with van der Waals surface area (Å²) in [6, 6.07) is 5.30. The molecule has 2 heterocycles. The number of amides is 2. The summed E-state index contributed by atoms with van der Waals surface area (Å²) in [5.74, 6) is -0.681. The van der Waals surface area contributed by atoms with Gasteiger partial charge in [-0.05, 0) is 24.1 Å². The van der Waals surface area contributed by atoms with Gasteiger partial charge >= 0.3 is 5.97 Å². The van der Waals surface area contributed by atoms with Crippen LogP contribution in [0, 0.1) is 0 Å². The van der Waals surface area contributed by atoms with E-state index >= 15 is 0 Å². The average molecular weight is 604 g/mol. The van der Waals surface area contributed by atoms with Crippen LogP contribution in [0.25, 0.3) is 0 Å². The molecule has 38 heavy (non-hydrogen) atoms. The Hall–Kier alpha value is -1.89. The SMILES string of the molecule is CCCC(CC(=O)OC)NC(=O)c1csc(SCC(=O)NCC2CN(Cc3ccc(Cl)c(Cl)c3)CCO2)n1. The molecule has 2 aromatic rings. The summed E-state index contributed by atoms with van der Waals surface area (Å²) in [4.78, 5) is 43.2. The van der Waals surface area contributed by atoms with Gasteiger partial charge in [0.2, 0.25) is 5.91 Å². The third kappa shape index (κ3) is 10.0. The number of hydrogen-bond donors (Lipinski definition) is 2. The van der Waals surface area contributed by atoms with E-state index in [9.17, 15) is 14.4 Å². The summed E-state index contributed by atoms with van der Waals surface area (Å²) in [5.41, 5.74) is 1.34. The van der Waals surface area contributed by atoms with E-state index in [2.05, 4.69) is 20.5 Å². The lowest BCUT2D eigenvalue weighted by Gasteiger charge is -2.33. The van der Waals surface area contributed by atoms with E-state index in [0.717, 1.165) is 25.1 Å². The quantitative estimate of drug-likeness (QED) is 0.261. The van der Waals surface area contributed by atoms with Gasteiger partial charge in [-0.3, -0.25) is 19.3 Å². The van der Waals surface area contributed by atoms with Crippen LogP contribution in [0.15, 0.2) is 27.9 Å². The first-order valence-corrected chi connectivity index (χ1v) is 14.9. The first kappa shape index (κ1) is 30.6. The molecule has 0 spiro atoms. The number of aromatic nitrogens is 1. The number of carbonyl (C=O) groups excluding carboxylic acids is 3. The molecule has 2 atom stereocenters. The topological polar surface area (TPSA) is 110 Å². The van der Waals surface area contributed by atoms with Crippen molar-refractivity contribution in [3.8, 4) is 0 Å². The molecule has 1 saturated heterocycles. The fourth-order valence-corrected chi connectivity index (χ4v) is 5.85. The van der Waals surface area contributed by atoms with Crippen LogP contribution in [0.1, 0.15) is 42.2 Å². The Labute approximate surface area is 240 Å². The minimum absolute atomic E-state index is 0.111. The Morgan fingerprint density at radius 1 is 1.32 bits per heavy atom. The van der Waals surface area contributed by atoms with Crippen LogP contribution < -0.4 is 10.6 Å². The Kier molecular flexibility index (Phi) is 12.6. The van der Waals surface area contributed by atoms with Crippen molar-refractivity contribution in [1.29, 1.82) is 0 Å². The standard InChI is InChI=1S/C25H32Cl2N4O5S2/c1-3-4-17(10-23(33)35-2)29-24(34)21-14-37-25(30-21)38-15-22(32)28-11-18-13-31(7-8-36-18)12-16-5-6-19(26)20(27)9-16/h5-6,9,14,17-18H,3-4,7-8,10-13,15H2,1-2H3,(H,28,32)(H,29,34). The Morgan fingerprint density at radius 2 is 2.13 bits per heavy atom. The Balaban J connectivity index is 1.40.